The molecule has 0 aliphatic rings. The van der Waals surface area contributed by atoms with Crippen LogP contribution in [0, 0.1) is 0 Å². The first-order chi connectivity index (χ1) is 27.3. The molecule has 2 nitrogen and oxygen atoms in total. The van der Waals surface area contributed by atoms with Crippen molar-refractivity contribution in [3.63, 3.8) is 0 Å². The number of para-hydroxylation sites is 1. The third kappa shape index (κ3) is 5.32. The molecule has 11 rings (SSSR count). The van der Waals surface area contributed by atoms with Gasteiger partial charge in [-0.25, -0.2) is 0 Å². The van der Waals surface area contributed by atoms with Crippen LogP contribution in [-0.4, -0.2) is 0 Å². The summed E-state index contributed by atoms with van der Waals surface area (Å²) in [5.41, 5.74) is 12.4. The van der Waals surface area contributed by atoms with Gasteiger partial charge in [0.2, 0.25) is 0 Å². The van der Waals surface area contributed by atoms with Crippen molar-refractivity contribution in [1.29, 1.82) is 0 Å². The fourth-order valence-electron chi connectivity index (χ4n) is 8.24. The molecule has 0 aliphatic heterocycles. The summed E-state index contributed by atoms with van der Waals surface area (Å²) in [6.45, 7) is 0. The maximum atomic E-state index is 6.41. The summed E-state index contributed by atoms with van der Waals surface area (Å²) in [4.78, 5) is 2.37. The summed E-state index contributed by atoms with van der Waals surface area (Å²) in [7, 11) is 0. The highest BCUT2D eigenvalue weighted by molar-refractivity contribution is 7.26. The Kier molecular flexibility index (Phi) is 7.39. The molecule has 0 atom stereocenters. The number of anilines is 3. The van der Waals surface area contributed by atoms with Crippen LogP contribution in [0.2, 0.25) is 0 Å². The fourth-order valence-corrected chi connectivity index (χ4v) is 9.48. The third-order valence-corrected chi connectivity index (χ3v) is 12.1. The smallest absolute Gasteiger partial charge is 0.143 e. The highest BCUT2D eigenvalue weighted by atomic mass is 32.1. The molecule has 0 spiro atoms. The maximum absolute atomic E-state index is 6.41. The minimum atomic E-state index is 0.912. The highest BCUT2D eigenvalue weighted by Crippen LogP contribution is 2.44. The maximum Gasteiger partial charge on any atom is 0.143 e. The predicted molar refractivity (Wildman–Crippen MR) is 235 cm³/mol. The normalized spacial score (nSPS) is 11.6. The van der Waals surface area contributed by atoms with Gasteiger partial charge in [0.15, 0.2) is 0 Å². The largest absolute Gasteiger partial charge is 0.455 e. The summed E-state index contributed by atoms with van der Waals surface area (Å²) >= 11 is 1.87. The van der Waals surface area contributed by atoms with Gasteiger partial charge < -0.3 is 9.32 Å². The zero-order chi connectivity index (χ0) is 36.3. The van der Waals surface area contributed by atoms with E-state index in [9.17, 15) is 0 Å². The number of hydrogen-bond donors (Lipinski definition) is 0. The molecule has 0 bridgehead atoms. The van der Waals surface area contributed by atoms with Crippen molar-refractivity contribution in [2.75, 3.05) is 4.90 Å². The Labute approximate surface area is 322 Å². The monoisotopic (exact) mass is 719 g/mol. The fraction of sp³-hybridized carbons (Fsp3) is 0. The van der Waals surface area contributed by atoms with Crippen molar-refractivity contribution in [3.8, 4) is 33.4 Å². The van der Waals surface area contributed by atoms with Crippen LogP contribution in [0.25, 0.3) is 86.3 Å². The number of fused-ring (bicyclic) bond motifs is 8. The summed E-state index contributed by atoms with van der Waals surface area (Å²) < 4.78 is 9.06. The SMILES string of the molecule is c1ccc(-c2cccc(N(c3ccc(-c4cc5c6ccccc6oc5c5ccccc45)cc3)c3ccc(-c4cccc5c4sc4ccccc45)cc3)c2)cc1. The highest BCUT2D eigenvalue weighted by Gasteiger charge is 2.18. The molecule has 0 N–H and O–H groups in total. The van der Waals surface area contributed by atoms with E-state index in [1.807, 2.05) is 17.4 Å². The summed E-state index contributed by atoms with van der Waals surface area (Å²) in [6.07, 6.45) is 0. The molecule has 0 amide bonds. The van der Waals surface area contributed by atoms with Gasteiger partial charge >= 0.3 is 0 Å². The second kappa shape index (κ2) is 12.9. The van der Waals surface area contributed by atoms with E-state index in [0.29, 0.717) is 0 Å². The van der Waals surface area contributed by atoms with E-state index in [0.717, 1.165) is 50.0 Å². The first-order valence-electron chi connectivity index (χ1n) is 18.7. The lowest BCUT2D eigenvalue weighted by Crippen LogP contribution is -2.10. The van der Waals surface area contributed by atoms with Crippen molar-refractivity contribution < 1.29 is 4.42 Å². The molecule has 11 aromatic rings. The average molecular weight is 720 g/mol. The summed E-state index contributed by atoms with van der Waals surface area (Å²) in [5, 5.41) is 7.21. The molecular formula is C52H33NOS. The summed E-state index contributed by atoms with van der Waals surface area (Å²) in [5.74, 6) is 0. The van der Waals surface area contributed by atoms with Gasteiger partial charge in [0.05, 0.1) is 0 Å². The second-order valence-corrected chi connectivity index (χ2v) is 15.1. The minimum absolute atomic E-state index is 0.912. The Balaban J connectivity index is 1.03. The lowest BCUT2D eigenvalue weighted by atomic mass is 9.95. The van der Waals surface area contributed by atoms with Gasteiger partial charge in [-0.3, -0.25) is 0 Å². The lowest BCUT2D eigenvalue weighted by Gasteiger charge is -2.26. The molecule has 0 radical (unpaired) electrons. The van der Waals surface area contributed by atoms with E-state index < -0.39 is 0 Å². The van der Waals surface area contributed by atoms with Gasteiger partial charge in [0, 0.05) is 53.4 Å². The van der Waals surface area contributed by atoms with Crippen molar-refractivity contribution >= 4 is 81.3 Å². The van der Waals surface area contributed by atoms with E-state index in [-0.39, 0.29) is 0 Å². The number of nitrogens with zero attached hydrogens (tertiary/aromatic N) is 1. The molecule has 55 heavy (non-hydrogen) atoms. The Morgan fingerprint density at radius 1 is 0.345 bits per heavy atom. The Bertz CT molecular complexity index is 3190. The van der Waals surface area contributed by atoms with Crippen molar-refractivity contribution in [1.82, 2.24) is 0 Å². The number of hydrogen-bond acceptors (Lipinski definition) is 3. The van der Waals surface area contributed by atoms with Crippen LogP contribution in [0.4, 0.5) is 17.1 Å². The predicted octanol–water partition coefficient (Wildman–Crippen LogP) is 15.6. The average Bonchev–Trinajstić information content (AvgIpc) is 3.83. The molecule has 2 aromatic heterocycles. The minimum Gasteiger partial charge on any atom is -0.455 e. The molecule has 9 aromatic carbocycles. The molecule has 0 unspecified atom stereocenters. The van der Waals surface area contributed by atoms with Crippen molar-refractivity contribution in [2.24, 2.45) is 0 Å². The topological polar surface area (TPSA) is 16.4 Å². The number of rotatable bonds is 6. The first kappa shape index (κ1) is 31.6. The molecule has 0 saturated carbocycles. The van der Waals surface area contributed by atoms with E-state index in [2.05, 4.69) is 199 Å². The van der Waals surface area contributed by atoms with Crippen LogP contribution in [-0.2, 0) is 0 Å². The molecule has 0 saturated heterocycles. The Morgan fingerprint density at radius 2 is 0.945 bits per heavy atom. The zero-order valence-electron chi connectivity index (χ0n) is 29.8. The van der Waals surface area contributed by atoms with Gasteiger partial charge in [-0.05, 0) is 93.4 Å². The van der Waals surface area contributed by atoms with Crippen molar-refractivity contribution in [3.05, 3.63) is 200 Å². The Morgan fingerprint density at radius 3 is 1.73 bits per heavy atom. The standard InChI is InChI=1S/C52H33NOS/c1-2-12-34(13-3-1)37-14-10-15-40(32-37)53(38-28-24-35(25-29-38)41-20-11-21-46-44-18-7-9-23-50(44)55-52(41)46)39-30-26-36(27-31-39)47-33-48-43-17-6-8-22-49(43)54-51(48)45-19-5-4-16-42(45)47/h1-33H. The van der Waals surface area contributed by atoms with Crippen LogP contribution in [0.15, 0.2) is 205 Å². The second-order valence-electron chi connectivity index (χ2n) is 14.1. The third-order valence-electron chi connectivity index (χ3n) is 10.9. The number of benzene rings is 9. The van der Waals surface area contributed by atoms with E-state index in [1.165, 1.54) is 53.4 Å². The van der Waals surface area contributed by atoms with Crippen LogP contribution in [0.3, 0.4) is 0 Å². The molecule has 0 aliphatic carbocycles. The van der Waals surface area contributed by atoms with Gasteiger partial charge in [0.1, 0.15) is 11.2 Å². The van der Waals surface area contributed by atoms with E-state index in [4.69, 9.17) is 4.42 Å². The van der Waals surface area contributed by atoms with Crippen LogP contribution in [0.1, 0.15) is 0 Å². The zero-order valence-corrected chi connectivity index (χ0v) is 30.6. The molecule has 258 valence electrons. The quantitative estimate of drug-likeness (QED) is 0.170. The van der Waals surface area contributed by atoms with E-state index in [1.54, 1.807) is 0 Å². The van der Waals surface area contributed by atoms with Gasteiger partial charge in [0.25, 0.3) is 0 Å². The van der Waals surface area contributed by atoms with Crippen LogP contribution >= 0.6 is 11.3 Å². The molecule has 0 fully saturated rings. The van der Waals surface area contributed by atoms with E-state index >= 15 is 0 Å². The van der Waals surface area contributed by atoms with Gasteiger partial charge in [-0.2, -0.15) is 0 Å². The number of furan rings is 1. The molecular weight excluding hydrogens is 687 g/mol. The Hall–Kier alpha value is -6.94. The lowest BCUT2D eigenvalue weighted by molar-refractivity contribution is 0.672. The van der Waals surface area contributed by atoms with Gasteiger partial charge in [-0.1, -0.05) is 146 Å². The summed E-state index contributed by atoms with van der Waals surface area (Å²) in [6, 6.07) is 72.1. The molecule has 3 heteroatoms. The van der Waals surface area contributed by atoms with Crippen molar-refractivity contribution in [2.45, 2.75) is 0 Å². The van der Waals surface area contributed by atoms with Crippen LogP contribution in [0.5, 0.6) is 0 Å². The molecule has 2 heterocycles. The first-order valence-corrected chi connectivity index (χ1v) is 19.5. The van der Waals surface area contributed by atoms with Crippen LogP contribution < -0.4 is 4.90 Å². The number of thiophene rings is 1. The van der Waals surface area contributed by atoms with Gasteiger partial charge in [-0.15, -0.1) is 11.3 Å².